The molecule has 2 aliphatic heterocycles. The molecule has 3 aromatic rings. The third-order valence-electron chi connectivity index (χ3n) is 9.24. The van der Waals surface area contributed by atoms with Crippen LogP contribution in [0, 0.1) is 11.8 Å². The summed E-state index contributed by atoms with van der Waals surface area (Å²) in [7, 11) is 0. The van der Waals surface area contributed by atoms with Crippen molar-refractivity contribution in [3.63, 3.8) is 0 Å². The van der Waals surface area contributed by atoms with Crippen molar-refractivity contribution in [3.05, 3.63) is 65.9 Å². The standard InChI is InChI=1S/C32H37AsFN3O4/c1-32(2)37-26-13-12-23(16-22(26)17-27(37)31(40)41-32)35-29(38)28-24(19-6-4-3-5-7-19)14-15-36(28)30(39)21-10-8-20(9-11-21)25(33)18-34/h3-7,12-13,16-17,20-21,24-25,28H,8-11,14-15,18,33H2,1-2H3,(H,35,38)/t20-,21-,24-,25-,28+/m1/s1. The van der Waals surface area contributed by atoms with E-state index < -0.39 is 11.8 Å². The van der Waals surface area contributed by atoms with E-state index in [1.165, 1.54) is 16.9 Å². The zero-order valence-corrected chi connectivity index (χ0v) is 25.9. The van der Waals surface area contributed by atoms with Crippen LogP contribution in [0.25, 0.3) is 10.9 Å². The molecule has 1 unspecified atom stereocenters. The Morgan fingerprint density at radius 3 is 2.51 bits per heavy atom. The third kappa shape index (κ3) is 5.09. The third-order valence-corrected chi connectivity index (χ3v) is 10.8. The minimum absolute atomic E-state index is 0.0421. The summed E-state index contributed by atoms with van der Waals surface area (Å²) in [5, 5.41) is 3.93. The maximum absolute atomic E-state index is 14.0. The SMILES string of the molecule is CC1(C)OC(=O)c2cc3cc(NC(=O)[C@@H]4[C@@H](c5ccccc5)CCN4C(=O)[C@H]4CC[C@H]([C@H]([AsH2])CF)CC4)ccc3n21. The van der Waals surface area contributed by atoms with E-state index >= 15 is 0 Å². The first-order chi connectivity index (χ1) is 19.7. The quantitative estimate of drug-likeness (QED) is 0.310. The van der Waals surface area contributed by atoms with Crippen molar-refractivity contribution in [3.8, 4) is 0 Å². The van der Waals surface area contributed by atoms with Crippen molar-refractivity contribution >= 4 is 51.2 Å². The summed E-state index contributed by atoms with van der Waals surface area (Å²) in [6, 6.07) is 16.7. The number of fused-ring (bicyclic) bond motifs is 3. The topological polar surface area (TPSA) is 80.6 Å². The molecule has 1 saturated heterocycles. The summed E-state index contributed by atoms with van der Waals surface area (Å²) in [4.78, 5) is 42.0. The van der Waals surface area contributed by atoms with Crippen molar-refractivity contribution in [2.75, 3.05) is 18.5 Å². The van der Waals surface area contributed by atoms with Gasteiger partial charge in [0.15, 0.2) is 5.72 Å². The average Bonchev–Trinajstić information content (AvgIpc) is 3.65. The number of hydrogen-bond donors (Lipinski definition) is 1. The number of carbonyl (C=O) groups excluding carboxylic acids is 3. The van der Waals surface area contributed by atoms with Crippen LogP contribution in [0.15, 0.2) is 54.6 Å². The Balaban J connectivity index is 1.25. The number of anilines is 1. The number of halogens is 1. The molecule has 2 aromatic carbocycles. The molecule has 1 saturated carbocycles. The predicted octanol–water partition coefficient (Wildman–Crippen LogP) is 5.03. The van der Waals surface area contributed by atoms with Crippen LogP contribution in [0.2, 0.25) is 4.71 Å². The Kier molecular flexibility index (Phi) is 7.48. The van der Waals surface area contributed by atoms with Gasteiger partial charge in [0, 0.05) is 5.39 Å². The number of amides is 2. The number of carbonyl (C=O) groups is 3. The van der Waals surface area contributed by atoms with Gasteiger partial charge in [-0.1, -0.05) is 6.07 Å². The summed E-state index contributed by atoms with van der Waals surface area (Å²) in [6.07, 6.45) is 3.94. The fourth-order valence-electron chi connectivity index (χ4n) is 7.13. The number of alkyl halides is 1. The first-order valence-corrected chi connectivity index (χ1v) is 15.9. The molecule has 41 heavy (non-hydrogen) atoms. The van der Waals surface area contributed by atoms with Crippen molar-refractivity contribution in [1.82, 2.24) is 9.47 Å². The van der Waals surface area contributed by atoms with Crippen LogP contribution in [0.4, 0.5) is 10.1 Å². The number of rotatable bonds is 6. The van der Waals surface area contributed by atoms with Gasteiger partial charge in [0.1, 0.15) is 5.69 Å². The summed E-state index contributed by atoms with van der Waals surface area (Å²) >= 11 is 1.45. The first-order valence-electron chi connectivity index (χ1n) is 14.5. The molecule has 216 valence electrons. The van der Waals surface area contributed by atoms with Crippen LogP contribution in [0.1, 0.15) is 67.9 Å². The number of hydrogen-bond acceptors (Lipinski definition) is 4. The van der Waals surface area contributed by atoms with Crippen molar-refractivity contribution in [2.24, 2.45) is 11.8 Å². The second-order valence-corrected chi connectivity index (χ2v) is 14.0. The van der Waals surface area contributed by atoms with Gasteiger partial charge in [-0.2, -0.15) is 0 Å². The molecule has 9 heteroatoms. The molecule has 4 atom stereocenters. The minimum atomic E-state index is -0.781. The number of benzene rings is 2. The van der Waals surface area contributed by atoms with E-state index in [-0.39, 0.29) is 41.0 Å². The smallest absolute Gasteiger partial charge is 0.296 e. The zero-order valence-electron chi connectivity index (χ0n) is 23.5. The first kappa shape index (κ1) is 28.0. The van der Waals surface area contributed by atoms with Gasteiger partial charge in [0.2, 0.25) is 0 Å². The molecule has 7 nitrogen and oxygen atoms in total. The molecule has 0 bridgehead atoms. The van der Waals surface area contributed by atoms with Crippen molar-refractivity contribution in [2.45, 2.75) is 68.3 Å². The Labute approximate surface area is 248 Å². The van der Waals surface area contributed by atoms with Crippen LogP contribution in [0.5, 0.6) is 0 Å². The van der Waals surface area contributed by atoms with E-state index in [1.807, 2.05) is 66.9 Å². The Morgan fingerprint density at radius 1 is 1.07 bits per heavy atom. The molecule has 2 fully saturated rings. The van der Waals surface area contributed by atoms with Gasteiger partial charge < -0.3 is 4.74 Å². The van der Waals surface area contributed by atoms with Crippen LogP contribution in [-0.4, -0.2) is 63.4 Å². The molecule has 1 N–H and O–H groups in total. The molecule has 2 amide bonds. The zero-order chi connectivity index (χ0) is 28.9. The fourth-order valence-corrected chi connectivity index (χ4v) is 7.94. The number of likely N-dealkylation sites (tertiary alicyclic amines) is 1. The Bertz CT molecular complexity index is 1480. The van der Waals surface area contributed by atoms with E-state index in [0.717, 1.165) is 42.1 Å². The van der Waals surface area contributed by atoms with Gasteiger partial charge in [0.25, 0.3) is 0 Å². The van der Waals surface area contributed by atoms with E-state index in [2.05, 4.69) is 5.32 Å². The number of cyclic esters (lactones) is 1. The van der Waals surface area contributed by atoms with E-state index in [9.17, 15) is 18.8 Å². The number of aromatic nitrogens is 1. The van der Waals surface area contributed by atoms with Crippen LogP contribution >= 0.6 is 0 Å². The van der Waals surface area contributed by atoms with Crippen molar-refractivity contribution in [1.29, 1.82) is 0 Å². The number of nitrogens with zero attached hydrogens (tertiary/aromatic N) is 2. The molecule has 0 radical (unpaired) electrons. The predicted molar refractivity (Wildman–Crippen MR) is 158 cm³/mol. The maximum atomic E-state index is 14.0. The van der Waals surface area contributed by atoms with E-state index in [0.29, 0.717) is 30.3 Å². The van der Waals surface area contributed by atoms with Gasteiger partial charge in [-0.25, -0.2) is 4.79 Å². The average molecular weight is 622 g/mol. The van der Waals surface area contributed by atoms with Gasteiger partial charge in [-0.15, -0.1) is 0 Å². The van der Waals surface area contributed by atoms with Crippen LogP contribution in [-0.2, 0) is 20.1 Å². The Morgan fingerprint density at radius 2 is 1.80 bits per heavy atom. The monoisotopic (exact) mass is 621 g/mol. The van der Waals surface area contributed by atoms with Gasteiger partial charge in [-0.3, -0.25) is 4.57 Å². The molecule has 1 aliphatic carbocycles. The summed E-state index contributed by atoms with van der Waals surface area (Å²) < 4.78 is 20.7. The summed E-state index contributed by atoms with van der Waals surface area (Å²) in [5.74, 6) is -0.422. The Hall–Kier alpha value is -3.12. The van der Waals surface area contributed by atoms with Gasteiger partial charge in [-0.05, 0) is 26.0 Å². The molecular weight excluding hydrogens is 584 g/mol. The number of esters is 1. The second-order valence-electron chi connectivity index (χ2n) is 12.2. The molecular formula is C32H37AsFN3O4. The summed E-state index contributed by atoms with van der Waals surface area (Å²) in [5.41, 5.74) is 2.23. The molecule has 3 aliphatic rings. The second kappa shape index (κ2) is 10.9. The number of nitrogens with one attached hydrogen (secondary N) is 1. The summed E-state index contributed by atoms with van der Waals surface area (Å²) in [6.45, 7) is 3.93. The normalized spacial score (nSPS) is 26.0. The number of ether oxygens (including phenoxy) is 1. The van der Waals surface area contributed by atoms with Crippen LogP contribution in [0.3, 0.4) is 0 Å². The molecule has 1 aromatic heterocycles. The van der Waals surface area contributed by atoms with Gasteiger partial charge in [0.05, 0.1) is 5.52 Å². The van der Waals surface area contributed by atoms with Crippen molar-refractivity contribution < 1.29 is 23.5 Å². The minimum Gasteiger partial charge on any atom is -0.296 e. The van der Waals surface area contributed by atoms with E-state index in [4.69, 9.17) is 4.74 Å². The van der Waals surface area contributed by atoms with Crippen LogP contribution < -0.4 is 5.32 Å². The van der Waals surface area contributed by atoms with Gasteiger partial charge >= 0.3 is 180 Å². The fraction of sp³-hybridized carbons (Fsp3) is 0.469. The molecule has 6 rings (SSSR count). The molecule has 0 spiro atoms. The molecule has 3 heterocycles. The van der Waals surface area contributed by atoms with E-state index in [1.54, 1.807) is 11.0 Å².